The smallest absolute Gasteiger partial charge is 0.309 e. The Labute approximate surface area is 315 Å². The van der Waals surface area contributed by atoms with E-state index in [9.17, 15) is 14.4 Å². The Morgan fingerprint density at radius 3 is 1.29 bits per heavy atom. The molecule has 0 radical (unpaired) electrons. The van der Waals surface area contributed by atoms with E-state index in [1.807, 2.05) is 0 Å². The highest BCUT2D eigenvalue weighted by atomic mass is 16.5. The maximum atomic E-state index is 12.8. The van der Waals surface area contributed by atoms with E-state index in [4.69, 9.17) is 14.2 Å². The Morgan fingerprint density at radius 1 is 0.510 bits per heavy atom. The fourth-order valence-corrected chi connectivity index (χ4v) is 7.15. The van der Waals surface area contributed by atoms with Gasteiger partial charge in [0.15, 0.2) is 0 Å². The molecule has 0 amide bonds. The van der Waals surface area contributed by atoms with Crippen molar-refractivity contribution in [2.24, 2.45) is 11.8 Å². The lowest BCUT2D eigenvalue weighted by atomic mass is 9.94. The van der Waals surface area contributed by atoms with Crippen LogP contribution in [0.25, 0.3) is 0 Å². The number of carbonyl (C=O) groups excluding carboxylic acids is 3. The lowest BCUT2D eigenvalue weighted by molar-refractivity contribution is -0.152. The summed E-state index contributed by atoms with van der Waals surface area (Å²) in [5.74, 6) is 0.172. The van der Waals surface area contributed by atoms with Gasteiger partial charge in [-0.2, -0.15) is 0 Å². The summed E-state index contributed by atoms with van der Waals surface area (Å²) in [4.78, 5) is 39.5. The van der Waals surface area contributed by atoms with Crippen LogP contribution in [0.15, 0.2) is 0 Å². The van der Waals surface area contributed by atoms with Gasteiger partial charge in [0, 0.05) is 12.8 Å². The summed E-state index contributed by atoms with van der Waals surface area (Å²) in [6.07, 6.45) is 34.5. The molecule has 1 heterocycles. The third-order valence-electron chi connectivity index (χ3n) is 10.8. The molecular weight excluding hydrogens is 638 g/mol. The molecule has 0 bridgehead atoms. The zero-order valence-electron chi connectivity index (χ0n) is 34.0. The minimum atomic E-state index is -0.0693. The topological polar surface area (TPSA) is 82.1 Å². The predicted octanol–water partition coefficient (Wildman–Crippen LogP) is 11.9. The van der Waals surface area contributed by atoms with Crippen molar-refractivity contribution in [3.05, 3.63) is 0 Å². The third-order valence-corrected chi connectivity index (χ3v) is 10.8. The van der Waals surface area contributed by atoms with E-state index in [1.165, 1.54) is 96.3 Å². The molecule has 0 aliphatic carbocycles. The quantitative estimate of drug-likeness (QED) is 0.0362. The van der Waals surface area contributed by atoms with Crippen molar-refractivity contribution in [1.82, 2.24) is 4.90 Å². The van der Waals surface area contributed by atoms with E-state index >= 15 is 0 Å². The first-order valence-electron chi connectivity index (χ1n) is 22.1. The average Bonchev–Trinajstić information content (AvgIpc) is 3.13. The first-order valence-corrected chi connectivity index (χ1v) is 22.1. The van der Waals surface area contributed by atoms with Gasteiger partial charge in [0.05, 0.1) is 25.7 Å². The number of nitrogens with zero attached hydrogens (tertiary/aromatic N) is 1. The third kappa shape index (κ3) is 30.5. The first kappa shape index (κ1) is 47.4. The number of carbonyl (C=O) groups is 3. The first-order chi connectivity index (χ1) is 25.0. The van der Waals surface area contributed by atoms with Crippen molar-refractivity contribution in [2.45, 2.75) is 213 Å². The molecule has 1 saturated heterocycles. The van der Waals surface area contributed by atoms with Gasteiger partial charge in [-0.15, -0.1) is 0 Å². The molecule has 1 atom stereocenters. The van der Waals surface area contributed by atoms with Crippen LogP contribution in [0.2, 0.25) is 0 Å². The van der Waals surface area contributed by atoms with Crippen molar-refractivity contribution >= 4 is 17.9 Å². The van der Waals surface area contributed by atoms with Crippen LogP contribution in [0.3, 0.4) is 0 Å². The summed E-state index contributed by atoms with van der Waals surface area (Å²) in [6, 6.07) is 0. The Balaban J connectivity index is 2.19. The maximum Gasteiger partial charge on any atom is 0.309 e. The van der Waals surface area contributed by atoms with Gasteiger partial charge in [0.25, 0.3) is 0 Å². The molecule has 0 aromatic heterocycles. The molecule has 7 heteroatoms. The number of piperidine rings is 1. The SMILES string of the molecule is CCCCCCCCCCCCOC(=O)CCCCCC(CCCCCC(=O)OCCCCCCCCCCC)COC(=O)C1CCN(C)CC1. The van der Waals surface area contributed by atoms with Gasteiger partial charge in [-0.25, -0.2) is 0 Å². The van der Waals surface area contributed by atoms with Gasteiger partial charge in [-0.3, -0.25) is 14.4 Å². The standard InChI is InChI=1S/C44H83NO6/c1-4-6-8-10-12-14-16-18-20-28-38-50-43(47)32-26-22-24-30-40(39-51-44(48)41-33-35-45(3)36-34-41)29-23-21-25-31-42(46)49-37-27-19-17-15-13-11-9-7-5-2/h40-41H,4-39H2,1-3H3. The number of hydrogen-bond donors (Lipinski definition) is 0. The second-order valence-electron chi connectivity index (χ2n) is 15.7. The minimum absolute atomic E-state index is 0.0229. The van der Waals surface area contributed by atoms with E-state index in [1.54, 1.807) is 0 Å². The maximum absolute atomic E-state index is 12.8. The fraction of sp³-hybridized carbons (Fsp3) is 0.932. The Kier molecular flexibility index (Phi) is 32.9. The molecule has 51 heavy (non-hydrogen) atoms. The molecule has 1 unspecified atom stereocenters. The summed E-state index contributed by atoms with van der Waals surface area (Å²) in [7, 11) is 2.10. The normalized spacial score (nSPS) is 14.4. The van der Waals surface area contributed by atoms with E-state index < -0.39 is 0 Å². The fourth-order valence-electron chi connectivity index (χ4n) is 7.15. The number of likely N-dealkylation sites (tertiary alicyclic amines) is 1. The Morgan fingerprint density at radius 2 is 0.882 bits per heavy atom. The highest BCUT2D eigenvalue weighted by Crippen LogP contribution is 2.22. The van der Waals surface area contributed by atoms with Gasteiger partial charge in [0.1, 0.15) is 0 Å². The van der Waals surface area contributed by atoms with Crippen LogP contribution in [0.1, 0.15) is 213 Å². The second kappa shape index (κ2) is 35.4. The largest absolute Gasteiger partial charge is 0.466 e. The number of rotatable bonds is 36. The number of esters is 3. The molecular formula is C44H83NO6. The van der Waals surface area contributed by atoms with E-state index in [0.717, 1.165) is 103 Å². The van der Waals surface area contributed by atoms with Crippen molar-refractivity contribution in [1.29, 1.82) is 0 Å². The zero-order chi connectivity index (χ0) is 37.0. The van der Waals surface area contributed by atoms with E-state index in [-0.39, 0.29) is 23.8 Å². The number of ether oxygens (including phenoxy) is 3. The van der Waals surface area contributed by atoms with Gasteiger partial charge in [-0.1, -0.05) is 149 Å². The van der Waals surface area contributed by atoms with Gasteiger partial charge < -0.3 is 19.1 Å². The monoisotopic (exact) mass is 722 g/mol. The summed E-state index contributed by atoms with van der Waals surface area (Å²) in [5.41, 5.74) is 0. The van der Waals surface area contributed by atoms with Crippen LogP contribution in [0, 0.1) is 11.8 Å². The molecule has 7 nitrogen and oxygen atoms in total. The van der Waals surface area contributed by atoms with Crippen molar-refractivity contribution in [3.63, 3.8) is 0 Å². The lowest BCUT2D eigenvalue weighted by Gasteiger charge is -2.28. The molecule has 300 valence electrons. The Bertz CT molecular complexity index is 811. The minimum Gasteiger partial charge on any atom is -0.466 e. The van der Waals surface area contributed by atoms with Crippen LogP contribution in [-0.4, -0.2) is 62.8 Å². The van der Waals surface area contributed by atoms with Gasteiger partial charge >= 0.3 is 17.9 Å². The van der Waals surface area contributed by atoms with Crippen LogP contribution in [0.5, 0.6) is 0 Å². The second-order valence-corrected chi connectivity index (χ2v) is 15.7. The van der Waals surface area contributed by atoms with Gasteiger partial charge in [0.2, 0.25) is 0 Å². The van der Waals surface area contributed by atoms with Crippen LogP contribution < -0.4 is 0 Å². The molecule has 0 aromatic carbocycles. The number of hydrogen-bond acceptors (Lipinski definition) is 7. The molecule has 1 aliphatic heterocycles. The van der Waals surface area contributed by atoms with Crippen LogP contribution >= 0.6 is 0 Å². The predicted molar refractivity (Wildman–Crippen MR) is 212 cm³/mol. The van der Waals surface area contributed by atoms with Crippen LogP contribution in [0.4, 0.5) is 0 Å². The number of unbranched alkanes of at least 4 members (excludes halogenated alkanes) is 21. The molecule has 0 N–H and O–H groups in total. The highest BCUT2D eigenvalue weighted by molar-refractivity contribution is 5.72. The molecule has 0 spiro atoms. The lowest BCUT2D eigenvalue weighted by Crippen LogP contribution is -2.34. The summed E-state index contributed by atoms with van der Waals surface area (Å²) in [5, 5.41) is 0. The summed E-state index contributed by atoms with van der Waals surface area (Å²) in [6.45, 7) is 8.00. The zero-order valence-corrected chi connectivity index (χ0v) is 34.0. The van der Waals surface area contributed by atoms with Crippen molar-refractivity contribution in [3.8, 4) is 0 Å². The summed E-state index contributed by atoms with van der Waals surface area (Å²) < 4.78 is 16.8. The molecule has 0 saturated carbocycles. The average molecular weight is 722 g/mol. The Hall–Kier alpha value is -1.63. The van der Waals surface area contributed by atoms with Crippen molar-refractivity contribution in [2.75, 3.05) is 40.0 Å². The van der Waals surface area contributed by atoms with Gasteiger partial charge in [-0.05, 0) is 77.4 Å². The van der Waals surface area contributed by atoms with E-state index in [2.05, 4.69) is 25.8 Å². The van der Waals surface area contributed by atoms with Crippen molar-refractivity contribution < 1.29 is 28.6 Å². The highest BCUT2D eigenvalue weighted by Gasteiger charge is 2.25. The van der Waals surface area contributed by atoms with E-state index in [0.29, 0.717) is 38.6 Å². The molecule has 1 aliphatic rings. The summed E-state index contributed by atoms with van der Waals surface area (Å²) >= 11 is 0. The molecule has 0 aromatic rings. The molecule has 1 rings (SSSR count). The molecule has 1 fully saturated rings. The van der Waals surface area contributed by atoms with Crippen LogP contribution in [-0.2, 0) is 28.6 Å².